The third kappa shape index (κ3) is 9.27. The lowest BCUT2D eigenvalue weighted by molar-refractivity contribution is -0.186. The highest BCUT2D eigenvalue weighted by Gasteiger charge is 2.40. The van der Waals surface area contributed by atoms with Crippen LogP contribution in [-0.2, 0) is 14.3 Å². The molecule has 0 aromatic carbocycles. The summed E-state index contributed by atoms with van der Waals surface area (Å²) in [6.07, 6.45) is -4.93. The average molecular weight is 343 g/mol. The van der Waals surface area contributed by atoms with E-state index < -0.39 is 42.5 Å². The zero-order chi connectivity index (χ0) is 18.3. The molecule has 23 heavy (non-hydrogen) atoms. The van der Waals surface area contributed by atoms with E-state index in [1.807, 2.05) is 0 Å². The second-order valence-electron chi connectivity index (χ2n) is 6.30. The molecular weight excluding hydrogens is 319 g/mol. The molecule has 0 aromatic heterocycles. The normalized spacial score (nSPS) is 14.9. The third-order valence-electron chi connectivity index (χ3n) is 2.80. The number of nitrogens with one attached hydrogen (secondary N) is 1. The molecule has 1 unspecified atom stereocenters. The Balaban J connectivity index is 4.85. The molecule has 0 saturated carbocycles. The molecule has 0 aliphatic heterocycles. The van der Waals surface area contributed by atoms with E-state index in [1.165, 1.54) is 0 Å². The van der Waals surface area contributed by atoms with Crippen LogP contribution in [0.1, 0.15) is 40.5 Å². The van der Waals surface area contributed by atoms with Crippen molar-refractivity contribution in [2.45, 2.75) is 52.3 Å². The Hall–Kier alpha value is -1.51. The summed E-state index contributed by atoms with van der Waals surface area (Å²) in [7, 11) is 0. The molecule has 0 spiro atoms. The zero-order valence-corrected chi connectivity index (χ0v) is 13.7. The van der Waals surface area contributed by atoms with Crippen LogP contribution in [0.15, 0.2) is 0 Å². The Morgan fingerprint density at radius 3 is 2.09 bits per heavy atom. The van der Waals surface area contributed by atoms with Crippen LogP contribution in [0.3, 0.4) is 0 Å². The van der Waals surface area contributed by atoms with E-state index in [1.54, 1.807) is 27.7 Å². The Bertz CT molecular complexity index is 406. The number of aliphatic carboxylic acids is 1. The predicted molar refractivity (Wildman–Crippen MR) is 76.1 cm³/mol. The number of alkyl halides is 3. The van der Waals surface area contributed by atoms with E-state index in [0.717, 1.165) is 0 Å². The minimum Gasteiger partial charge on any atom is -0.481 e. The van der Waals surface area contributed by atoms with Crippen molar-refractivity contribution in [3.63, 3.8) is 0 Å². The van der Waals surface area contributed by atoms with E-state index in [9.17, 15) is 27.9 Å². The first-order chi connectivity index (χ1) is 10.3. The van der Waals surface area contributed by atoms with Gasteiger partial charge in [-0.3, -0.25) is 4.79 Å². The largest absolute Gasteiger partial charge is 0.481 e. The van der Waals surface area contributed by atoms with Gasteiger partial charge in [0.25, 0.3) is 0 Å². The van der Waals surface area contributed by atoms with Gasteiger partial charge in [0.05, 0.1) is 6.61 Å². The monoisotopic (exact) mass is 343 g/mol. The highest BCUT2D eigenvalue weighted by atomic mass is 19.4. The predicted octanol–water partition coefficient (Wildman–Crippen LogP) is 2.96. The topological polar surface area (TPSA) is 84.9 Å². The van der Waals surface area contributed by atoms with Gasteiger partial charge in [-0.15, -0.1) is 0 Å². The molecule has 2 N–H and O–H groups in total. The van der Waals surface area contributed by atoms with Gasteiger partial charge in [-0.25, -0.2) is 4.79 Å². The van der Waals surface area contributed by atoms with Crippen LogP contribution in [0.5, 0.6) is 0 Å². The Kier molecular flexibility index (Phi) is 7.82. The summed E-state index contributed by atoms with van der Waals surface area (Å²) in [6, 6.07) is 0. The van der Waals surface area contributed by atoms with E-state index in [0.29, 0.717) is 6.42 Å². The molecule has 0 rings (SSSR count). The van der Waals surface area contributed by atoms with Gasteiger partial charge in [0.1, 0.15) is 17.6 Å². The van der Waals surface area contributed by atoms with Gasteiger partial charge in [-0.2, -0.15) is 13.2 Å². The Morgan fingerprint density at radius 1 is 1.13 bits per heavy atom. The van der Waals surface area contributed by atoms with Crippen LogP contribution in [-0.4, -0.2) is 48.7 Å². The number of amides is 1. The number of hydrogen-bond acceptors (Lipinski definition) is 4. The van der Waals surface area contributed by atoms with Gasteiger partial charge >= 0.3 is 18.2 Å². The standard InChI is InChI=1S/C14H24F3NO5/c1-5-6-13(10(19)20,8-22-9-14(15,16)17)7-18-11(21)23-12(2,3)4/h5-9H2,1-4H3,(H,18,21)(H,19,20). The molecule has 136 valence electrons. The minimum absolute atomic E-state index is 0.0516. The molecule has 9 heteroatoms. The van der Waals surface area contributed by atoms with Gasteiger partial charge in [0.2, 0.25) is 0 Å². The van der Waals surface area contributed by atoms with Crippen LogP contribution in [0, 0.1) is 5.41 Å². The second kappa shape index (κ2) is 8.37. The van der Waals surface area contributed by atoms with Gasteiger partial charge in [0.15, 0.2) is 0 Å². The summed E-state index contributed by atoms with van der Waals surface area (Å²) < 4.78 is 46.0. The minimum atomic E-state index is -4.55. The molecular formula is C14H24F3NO5. The van der Waals surface area contributed by atoms with Crippen molar-refractivity contribution in [3.8, 4) is 0 Å². The van der Waals surface area contributed by atoms with Crippen molar-refractivity contribution in [2.75, 3.05) is 19.8 Å². The highest BCUT2D eigenvalue weighted by molar-refractivity contribution is 5.76. The Labute approximate surface area is 133 Å². The van der Waals surface area contributed by atoms with Crippen LogP contribution in [0.25, 0.3) is 0 Å². The van der Waals surface area contributed by atoms with Crippen LogP contribution in [0.2, 0.25) is 0 Å². The molecule has 0 saturated heterocycles. The molecule has 0 heterocycles. The van der Waals surface area contributed by atoms with Crippen LogP contribution < -0.4 is 5.32 Å². The summed E-state index contributed by atoms with van der Waals surface area (Å²) in [6.45, 7) is 4.00. The molecule has 0 aliphatic rings. The molecule has 1 amide bonds. The summed E-state index contributed by atoms with van der Waals surface area (Å²) in [5.74, 6) is -1.34. The van der Waals surface area contributed by atoms with E-state index >= 15 is 0 Å². The molecule has 0 bridgehead atoms. The number of carboxylic acid groups (broad SMARTS) is 1. The fourth-order valence-corrected chi connectivity index (χ4v) is 1.85. The summed E-state index contributed by atoms with van der Waals surface area (Å²) in [5.41, 5.74) is -2.41. The molecule has 0 radical (unpaired) electrons. The maximum atomic E-state index is 12.2. The number of carboxylic acids is 1. The zero-order valence-electron chi connectivity index (χ0n) is 13.7. The second-order valence-corrected chi connectivity index (χ2v) is 6.30. The number of carbonyl (C=O) groups is 2. The smallest absolute Gasteiger partial charge is 0.411 e. The van der Waals surface area contributed by atoms with Crippen molar-refractivity contribution in [1.82, 2.24) is 5.32 Å². The van der Waals surface area contributed by atoms with Gasteiger partial charge < -0.3 is 19.9 Å². The summed E-state index contributed by atoms with van der Waals surface area (Å²) in [4.78, 5) is 23.1. The van der Waals surface area contributed by atoms with Crippen molar-refractivity contribution < 1.29 is 37.3 Å². The van der Waals surface area contributed by atoms with E-state index in [-0.39, 0.29) is 13.0 Å². The highest BCUT2D eigenvalue weighted by Crippen LogP contribution is 2.26. The lowest BCUT2D eigenvalue weighted by atomic mass is 9.84. The van der Waals surface area contributed by atoms with Crippen LogP contribution >= 0.6 is 0 Å². The van der Waals surface area contributed by atoms with Gasteiger partial charge in [0, 0.05) is 6.54 Å². The number of alkyl carbamates (subject to hydrolysis) is 1. The molecule has 0 aliphatic carbocycles. The third-order valence-corrected chi connectivity index (χ3v) is 2.80. The van der Waals surface area contributed by atoms with Crippen molar-refractivity contribution in [2.24, 2.45) is 5.41 Å². The number of halogens is 3. The van der Waals surface area contributed by atoms with Crippen molar-refractivity contribution in [1.29, 1.82) is 0 Å². The number of hydrogen-bond donors (Lipinski definition) is 2. The summed E-state index contributed by atoms with van der Waals surface area (Å²) in [5, 5.41) is 11.7. The maximum absolute atomic E-state index is 12.2. The SMILES string of the molecule is CCCC(CNC(=O)OC(C)(C)C)(COCC(F)(F)F)C(=O)O. The first kappa shape index (κ1) is 21.5. The first-order valence-corrected chi connectivity index (χ1v) is 7.16. The lowest BCUT2D eigenvalue weighted by Crippen LogP contribution is -2.47. The number of carbonyl (C=O) groups excluding carboxylic acids is 1. The maximum Gasteiger partial charge on any atom is 0.411 e. The lowest BCUT2D eigenvalue weighted by Gasteiger charge is -2.30. The van der Waals surface area contributed by atoms with E-state index in [4.69, 9.17) is 4.74 Å². The molecule has 6 nitrogen and oxygen atoms in total. The summed E-state index contributed by atoms with van der Waals surface area (Å²) >= 11 is 0. The molecule has 1 atom stereocenters. The van der Waals surface area contributed by atoms with Gasteiger partial charge in [-0.1, -0.05) is 13.3 Å². The average Bonchev–Trinajstić information content (AvgIpc) is 2.32. The van der Waals surface area contributed by atoms with Gasteiger partial charge in [-0.05, 0) is 27.2 Å². The van der Waals surface area contributed by atoms with Crippen molar-refractivity contribution >= 4 is 12.1 Å². The fraction of sp³-hybridized carbons (Fsp3) is 0.857. The van der Waals surface area contributed by atoms with E-state index in [2.05, 4.69) is 10.1 Å². The number of ether oxygens (including phenoxy) is 2. The van der Waals surface area contributed by atoms with Crippen molar-refractivity contribution in [3.05, 3.63) is 0 Å². The fourth-order valence-electron chi connectivity index (χ4n) is 1.85. The Morgan fingerprint density at radius 2 is 1.70 bits per heavy atom. The molecule has 0 aromatic rings. The quantitative estimate of drug-likeness (QED) is 0.708. The number of rotatable bonds is 8. The molecule has 0 fully saturated rings. The van der Waals surface area contributed by atoms with Crippen LogP contribution in [0.4, 0.5) is 18.0 Å². The first-order valence-electron chi connectivity index (χ1n) is 7.16.